The van der Waals surface area contributed by atoms with Gasteiger partial charge in [0.1, 0.15) is 12.7 Å². The summed E-state index contributed by atoms with van der Waals surface area (Å²) in [5.41, 5.74) is 0.911. The maximum absolute atomic E-state index is 13.6. The fourth-order valence-corrected chi connectivity index (χ4v) is 6.21. The third-order valence-electron chi connectivity index (χ3n) is 8.31. The number of likely N-dealkylation sites (tertiary alicyclic amines) is 1. The van der Waals surface area contributed by atoms with Crippen LogP contribution < -0.4 is 0 Å². The molecule has 1 saturated heterocycles. The van der Waals surface area contributed by atoms with Gasteiger partial charge in [0.15, 0.2) is 16.6 Å². The number of nitrogens with zero attached hydrogens (tertiary/aromatic N) is 1. The highest BCUT2D eigenvalue weighted by Crippen LogP contribution is 2.42. The van der Waals surface area contributed by atoms with Crippen molar-refractivity contribution in [2.45, 2.75) is 115 Å². The lowest BCUT2D eigenvalue weighted by Gasteiger charge is -2.42. The number of benzene rings is 1. The Morgan fingerprint density at radius 1 is 1.00 bits per heavy atom. The molecule has 0 spiro atoms. The van der Waals surface area contributed by atoms with Crippen LogP contribution in [-0.2, 0) is 20.2 Å². The Hall–Kier alpha value is -1.46. The predicted molar refractivity (Wildman–Crippen MR) is 152 cm³/mol. The number of aliphatic hydroxyl groups is 1. The van der Waals surface area contributed by atoms with Gasteiger partial charge in [0, 0.05) is 0 Å². The maximum Gasteiger partial charge on any atom is 0.410 e. The largest absolute Gasteiger partial charge is 0.445 e. The van der Waals surface area contributed by atoms with Gasteiger partial charge in [-0.05, 0) is 48.2 Å². The fraction of sp³-hybridized carbons (Fsp3) is 0.679. The molecule has 1 aromatic rings. The van der Waals surface area contributed by atoms with Crippen LogP contribution in [-0.4, -0.2) is 63.6 Å². The SMILES string of the molecule is C=CC[C@@H]1[C@@H](O)[C@H](O[Si](C)(C)C(C)(C)C)[C@@H](CO[Si](C)(C)C(C)(C)C)N1C(=O)OCc1ccccc1. The summed E-state index contributed by atoms with van der Waals surface area (Å²) >= 11 is 0. The third kappa shape index (κ3) is 7.10. The molecule has 0 bridgehead atoms. The van der Waals surface area contributed by atoms with Crippen LogP contribution in [0.3, 0.4) is 0 Å². The van der Waals surface area contributed by atoms with E-state index in [0.717, 1.165) is 5.56 Å². The van der Waals surface area contributed by atoms with Crippen LogP contribution in [0.15, 0.2) is 43.0 Å². The zero-order valence-corrected chi connectivity index (χ0v) is 26.1. The minimum Gasteiger partial charge on any atom is -0.445 e. The first-order valence-corrected chi connectivity index (χ1v) is 18.8. The number of aliphatic hydroxyl groups excluding tert-OH is 1. The van der Waals surface area contributed by atoms with Crippen molar-refractivity contribution >= 4 is 22.7 Å². The summed E-state index contributed by atoms with van der Waals surface area (Å²) < 4.78 is 19.2. The summed E-state index contributed by atoms with van der Waals surface area (Å²) in [7, 11) is -4.38. The number of hydrogen-bond acceptors (Lipinski definition) is 5. The second-order valence-corrected chi connectivity index (χ2v) is 22.6. The van der Waals surface area contributed by atoms with Gasteiger partial charge in [-0.15, -0.1) is 6.58 Å². The number of carbonyl (C=O) groups excluding carboxylic acids is 1. The van der Waals surface area contributed by atoms with E-state index < -0.39 is 47.0 Å². The van der Waals surface area contributed by atoms with Gasteiger partial charge in [-0.1, -0.05) is 78.0 Å². The molecular weight excluding hydrogens is 486 g/mol. The average molecular weight is 536 g/mol. The Labute approximate surface area is 221 Å². The van der Waals surface area contributed by atoms with E-state index in [1.54, 1.807) is 11.0 Å². The monoisotopic (exact) mass is 535 g/mol. The van der Waals surface area contributed by atoms with Crippen molar-refractivity contribution in [3.63, 3.8) is 0 Å². The van der Waals surface area contributed by atoms with Crippen LogP contribution in [0.4, 0.5) is 4.79 Å². The van der Waals surface area contributed by atoms with Crippen molar-refractivity contribution in [1.82, 2.24) is 4.90 Å². The molecule has 204 valence electrons. The lowest BCUT2D eigenvalue weighted by molar-refractivity contribution is 0.0265. The van der Waals surface area contributed by atoms with E-state index >= 15 is 0 Å². The molecule has 2 rings (SSSR count). The topological polar surface area (TPSA) is 68.2 Å². The second kappa shape index (κ2) is 11.5. The van der Waals surface area contributed by atoms with Gasteiger partial charge >= 0.3 is 6.09 Å². The zero-order valence-electron chi connectivity index (χ0n) is 24.1. The number of carbonyl (C=O) groups is 1. The van der Waals surface area contributed by atoms with Crippen molar-refractivity contribution in [3.05, 3.63) is 48.6 Å². The number of ether oxygens (including phenoxy) is 1. The molecule has 36 heavy (non-hydrogen) atoms. The molecule has 1 heterocycles. The number of amides is 1. The average Bonchev–Trinajstić information content (AvgIpc) is 3.01. The van der Waals surface area contributed by atoms with Crippen LogP contribution in [0.2, 0.25) is 36.3 Å². The van der Waals surface area contributed by atoms with Crippen molar-refractivity contribution in [2.24, 2.45) is 0 Å². The van der Waals surface area contributed by atoms with Gasteiger partial charge in [-0.25, -0.2) is 4.79 Å². The number of rotatable bonds is 9. The standard InChI is InChI=1S/C28H49NO5Si2/c1-12-16-22-24(30)25(34-36(10,11)28(5,6)7)23(20-33-35(8,9)27(2,3)4)29(22)26(31)32-19-21-17-14-13-15-18-21/h12-15,17-18,22-25,30H,1,16,19-20H2,2-11H3/t22-,23-,24-,25-/m1/s1. The number of hydrogen-bond donors (Lipinski definition) is 1. The summed E-state index contributed by atoms with van der Waals surface area (Å²) in [5.74, 6) is 0. The van der Waals surface area contributed by atoms with E-state index in [0.29, 0.717) is 13.0 Å². The van der Waals surface area contributed by atoms with Crippen molar-refractivity contribution in [1.29, 1.82) is 0 Å². The van der Waals surface area contributed by atoms with Gasteiger partial charge in [-0.3, -0.25) is 4.90 Å². The summed E-state index contributed by atoms with van der Waals surface area (Å²) in [6, 6.07) is 8.66. The van der Waals surface area contributed by atoms with E-state index in [-0.39, 0.29) is 16.7 Å². The fourth-order valence-electron chi connectivity index (χ4n) is 3.85. The Morgan fingerprint density at radius 2 is 1.56 bits per heavy atom. The molecule has 1 fully saturated rings. The van der Waals surface area contributed by atoms with Crippen molar-refractivity contribution in [2.75, 3.05) is 6.61 Å². The molecule has 0 radical (unpaired) electrons. The van der Waals surface area contributed by atoms with E-state index in [2.05, 4.69) is 74.3 Å². The molecule has 0 aliphatic carbocycles. The van der Waals surface area contributed by atoms with Crippen LogP contribution >= 0.6 is 0 Å². The molecule has 1 N–H and O–H groups in total. The summed E-state index contributed by atoms with van der Waals surface area (Å²) in [4.78, 5) is 15.2. The zero-order chi connectivity index (χ0) is 27.5. The van der Waals surface area contributed by atoms with Crippen molar-refractivity contribution < 1.29 is 23.5 Å². The Kier molecular flexibility index (Phi) is 9.84. The lowest BCUT2D eigenvalue weighted by Crippen LogP contribution is -2.53. The van der Waals surface area contributed by atoms with Gasteiger partial charge in [-0.2, -0.15) is 0 Å². The summed E-state index contributed by atoms with van der Waals surface area (Å²) in [6.07, 6.45) is 0.288. The van der Waals surface area contributed by atoms with E-state index in [1.165, 1.54) is 0 Å². The smallest absolute Gasteiger partial charge is 0.410 e. The highest BCUT2D eigenvalue weighted by molar-refractivity contribution is 6.74. The van der Waals surface area contributed by atoms with Gasteiger partial charge in [0.05, 0.1) is 24.8 Å². The first kappa shape index (κ1) is 30.8. The quantitative estimate of drug-likeness (QED) is 0.281. The molecule has 1 aromatic carbocycles. The molecule has 4 atom stereocenters. The molecule has 1 aliphatic heterocycles. The Bertz CT molecular complexity index is 876. The normalized spacial score (nSPS) is 23.6. The third-order valence-corrected chi connectivity index (χ3v) is 17.3. The van der Waals surface area contributed by atoms with Crippen molar-refractivity contribution in [3.8, 4) is 0 Å². The molecule has 1 amide bonds. The minimum absolute atomic E-state index is 0.0131. The van der Waals surface area contributed by atoms with E-state index in [4.69, 9.17) is 13.6 Å². The van der Waals surface area contributed by atoms with E-state index in [1.807, 2.05) is 30.3 Å². The molecule has 8 heteroatoms. The Morgan fingerprint density at radius 3 is 2.06 bits per heavy atom. The van der Waals surface area contributed by atoms with Gasteiger partial charge in [0.2, 0.25) is 0 Å². The van der Waals surface area contributed by atoms with E-state index in [9.17, 15) is 9.90 Å². The molecule has 0 aromatic heterocycles. The summed E-state index contributed by atoms with van der Waals surface area (Å²) in [6.45, 7) is 26.2. The van der Waals surface area contributed by atoms with Crippen LogP contribution in [0.1, 0.15) is 53.5 Å². The van der Waals surface area contributed by atoms with Gasteiger partial charge in [0.25, 0.3) is 0 Å². The molecule has 0 saturated carbocycles. The highest BCUT2D eigenvalue weighted by atomic mass is 28.4. The molecule has 6 nitrogen and oxygen atoms in total. The first-order chi connectivity index (χ1) is 16.4. The molecule has 1 aliphatic rings. The highest BCUT2D eigenvalue weighted by Gasteiger charge is 2.55. The first-order valence-electron chi connectivity index (χ1n) is 13.0. The lowest BCUT2D eigenvalue weighted by atomic mass is 10.1. The van der Waals surface area contributed by atoms with Crippen LogP contribution in [0, 0.1) is 0 Å². The van der Waals surface area contributed by atoms with Crippen LogP contribution in [0.5, 0.6) is 0 Å². The molecule has 0 unspecified atom stereocenters. The van der Waals surface area contributed by atoms with Crippen LogP contribution in [0.25, 0.3) is 0 Å². The minimum atomic E-state index is -2.26. The Balaban J connectivity index is 2.42. The predicted octanol–water partition coefficient (Wildman–Crippen LogP) is 6.73. The molecular formula is C28H49NO5Si2. The maximum atomic E-state index is 13.6. The van der Waals surface area contributed by atoms with Gasteiger partial charge < -0.3 is 18.7 Å². The second-order valence-electron chi connectivity index (χ2n) is 13.0. The summed E-state index contributed by atoms with van der Waals surface area (Å²) in [5, 5.41) is 11.5.